The Hall–Kier alpha value is -2.82. The highest BCUT2D eigenvalue weighted by molar-refractivity contribution is 5.95. The monoisotopic (exact) mass is 340 g/mol. The summed E-state index contributed by atoms with van der Waals surface area (Å²) in [6.07, 6.45) is 3.49. The summed E-state index contributed by atoms with van der Waals surface area (Å²) in [5.41, 5.74) is 3.91. The minimum absolute atomic E-state index is 0.267. The molecule has 0 fully saturated rings. The number of nitrogens with one attached hydrogen (secondary N) is 1. The second kappa shape index (κ2) is 10.1. The first kappa shape index (κ1) is 18.5. The number of hydrogen-bond donors (Lipinski definition) is 1. The molecular formula is C20H24N2O3. The van der Waals surface area contributed by atoms with Crippen LogP contribution in [0.25, 0.3) is 0 Å². The molecule has 0 radical (unpaired) electrons. The Morgan fingerprint density at radius 3 is 2.36 bits per heavy atom. The van der Waals surface area contributed by atoms with Crippen LogP contribution in [0.5, 0.6) is 11.5 Å². The third kappa shape index (κ3) is 6.30. The zero-order valence-electron chi connectivity index (χ0n) is 14.7. The second-order valence-corrected chi connectivity index (χ2v) is 5.49. The highest BCUT2D eigenvalue weighted by Gasteiger charge is 2.04. The van der Waals surface area contributed by atoms with Crippen molar-refractivity contribution in [3.8, 4) is 11.5 Å². The highest BCUT2D eigenvalue weighted by Crippen LogP contribution is 2.13. The normalized spacial score (nSPS) is 10.6. The molecule has 0 bridgehead atoms. The lowest BCUT2D eigenvalue weighted by Gasteiger charge is -2.05. The van der Waals surface area contributed by atoms with E-state index < -0.39 is 0 Å². The van der Waals surface area contributed by atoms with Crippen LogP contribution in [0.2, 0.25) is 0 Å². The summed E-state index contributed by atoms with van der Waals surface area (Å²) >= 11 is 0. The number of amides is 1. The molecule has 1 N–H and O–H groups in total. The first-order valence-corrected chi connectivity index (χ1v) is 8.52. The number of hydrazone groups is 1. The quantitative estimate of drug-likeness (QED) is 0.554. The molecule has 0 saturated carbocycles. The van der Waals surface area contributed by atoms with Gasteiger partial charge >= 0.3 is 0 Å². The molecule has 2 rings (SSSR count). The topological polar surface area (TPSA) is 59.9 Å². The summed E-state index contributed by atoms with van der Waals surface area (Å²) in [6, 6.07) is 14.6. The fourth-order valence-corrected chi connectivity index (χ4v) is 2.06. The number of ether oxygens (including phenoxy) is 2. The van der Waals surface area contributed by atoms with Gasteiger partial charge < -0.3 is 9.47 Å². The number of hydrogen-bond acceptors (Lipinski definition) is 4. The van der Waals surface area contributed by atoms with Gasteiger partial charge in [0.25, 0.3) is 5.91 Å². The van der Waals surface area contributed by atoms with Crippen LogP contribution in [0.1, 0.15) is 42.6 Å². The standard InChI is InChI=1S/C20H24N2O3/c1-3-12-24-18-10-8-17(9-11-18)20(23)22-21-15-16-6-5-7-19(14-16)25-13-4-2/h5-11,14-15H,3-4,12-13H2,1-2H3,(H,22,23)/b21-15+. The molecule has 25 heavy (non-hydrogen) atoms. The largest absolute Gasteiger partial charge is 0.494 e. The molecule has 0 saturated heterocycles. The van der Waals surface area contributed by atoms with Gasteiger partial charge in [-0.1, -0.05) is 26.0 Å². The van der Waals surface area contributed by atoms with Crippen molar-refractivity contribution in [2.75, 3.05) is 13.2 Å². The SMILES string of the molecule is CCCOc1ccc(C(=O)N/N=C/c2cccc(OCCC)c2)cc1. The third-order valence-electron chi connectivity index (χ3n) is 3.30. The maximum atomic E-state index is 12.1. The van der Waals surface area contributed by atoms with E-state index in [1.807, 2.05) is 31.2 Å². The van der Waals surface area contributed by atoms with Crippen molar-refractivity contribution in [1.29, 1.82) is 0 Å². The summed E-state index contributed by atoms with van der Waals surface area (Å²) in [5, 5.41) is 4.00. The van der Waals surface area contributed by atoms with E-state index in [0.717, 1.165) is 29.9 Å². The van der Waals surface area contributed by atoms with E-state index in [-0.39, 0.29) is 5.91 Å². The molecule has 0 spiro atoms. The van der Waals surface area contributed by atoms with E-state index in [1.165, 1.54) is 0 Å². The van der Waals surface area contributed by atoms with Gasteiger partial charge in [0.2, 0.25) is 0 Å². The van der Waals surface area contributed by atoms with Crippen LogP contribution in [0.4, 0.5) is 0 Å². The number of carbonyl (C=O) groups is 1. The fraction of sp³-hybridized carbons (Fsp3) is 0.300. The van der Waals surface area contributed by atoms with Crippen molar-refractivity contribution in [3.63, 3.8) is 0 Å². The molecule has 5 heteroatoms. The number of rotatable bonds is 9. The summed E-state index contributed by atoms with van der Waals surface area (Å²) in [4.78, 5) is 12.1. The number of nitrogens with zero attached hydrogens (tertiary/aromatic N) is 1. The van der Waals surface area contributed by atoms with E-state index in [0.29, 0.717) is 18.8 Å². The minimum Gasteiger partial charge on any atom is -0.494 e. The smallest absolute Gasteiger partial charge is 0.271 e. The number of benzene rings is 2. The summed E-state index contributed by atoms with van der Waals surface area (Å²) in [7, 11) is 0. The molecule has 2 aromatic carbocycles. The van der Waals surface area contributed by atoms with Crippen molar-refractivity contribution < 1.29 is 14.3 Å². The average molecular weight is 340 g/mol. The Bertz CT molecular complexity index is 696. The molecule has 0 aliphatic rings. The lowest BCUT2D eigenvalue weighted by atomic mass is 10.2. The van der Waals surface area contributed by atoms with Crippen LogP contribution < -0.4 is 14.9 Å². The maximum absolute atomic E-state index is 12.1. The van der Waals surface area contributed by atoms with Crippen LogP contribution in [0, 0.1) is 0 Å². The molecule has 0 aliphatic carbocycles. The second-order valence-electron chi connectivity index (χ2n) is 5.49. The zero-order chi connectivity index (χ0) is 17.9. The van der Waals surface area contributed by atoms with Gasteiger partial charge in [0.1, 0.15) is 11.5 Å². The summed E-state index contributed by atoms with van der Waals surface area (Å²) in [6.45, 7) is 5.45. The number of carbonyl (C=O) groups excluding carboxylic acids is 1. The van der Waals surface area contributed by atoms with E-state index in [4.69, 9.17) is 9.47 Å². The van der Waals surface area contributed by atoms with Crippen molar-refractivity contribution in [2.45, 2.75) is 26.7 Å². The lowest BCUT2D eigenvalue weighted by molar-refractivity contribution is 0.0955. The Labute approximate surface area is 148 Å². The zero-order valence-corrected chi connectivity index (χ0v) is 14.7. The van der Waals surface area contributed by atoms with E-state index in [2.05, 4.69) is 17.5 Å². The van der Waals surface area contributed by atoms with E-state index in [1.54, 1.807) is 30.5 Å². The first-order valence-electron chi connectivity index (χ1n) is 8.52. The minimum atomic E-state index is -0.267. The van der Waals surface area contributed by atoms with Crippen LogP contribution in [0.3, 0.4) is 0 Å². The first-order chi connectivity index (χ1) is 12.2. The molecule has 0 unspecified atom stereocenters. The maximum Gasteiger partial charge on any atom is 0.271 e. The van der Waals surface area contributed by atoms with Crippen LogP contribution in [0.15, 0.2) is 53.6 Å². The molecule has 1 amide bonds. The highest BCUT2D eigenvalue weighted by atomic mass is 16.5. The van der Waals surface area contributed by atoms with Crippen LogP contribution in [-0.4, -0.2) is 25.3 Å². The third-order valence-corrected chi connectivity index (χ3v) is 3.30. The van der Waals surface area contributed by atoms with E-state index >= 15 is 0 Å². The molecule has 0 aliphatic heterocycles. The molecule has 0 aromatic heterocycles. The molecule has 0 heterocycles. The predicted octanol–water partition coefficient (Wildman–Crippen LogP) is 4.03. The molecule has 5 nitrogen and oxygen atoms in total. The van der Waals surface area contributed by atoms with Crippen LogP contribution >= 0.6 is 0 Å². The Morgan fingerprint density at radius 1 is 1.00 bits per heavy atom. The van der Waals surface area contributed by atoms with Crippen LogP contribution in [-0.2, 0) is 0 Å². The lowest BCUT2D eigenvalue weighted by Crippen LogP contribution is -2.17. The van der Waals surface area contributed by atoms with Gasteiger partial charge in [-0.3, -0.25) is 4.79 Å². The van der Waals surface area contributed by atoms with Crippen molar-refractivity contribution in [2.24, 2.45) is 5.10 Å². The molecule has 2 aromatic rings. The Morgan fingerprint density at radius 2 is 1.68 bits per heavy atom. The average Bonchev–Trinajstić information content (AvgIpc) is 2.65. The molecule has 132 valence electrons. The molecular weight excluding hydrogens is 316 g/mol. The van der Waals surface area contributed by atoms with Gasteiger partial charge in [-0.05, 0) is 54.8 Å². The van der Waals surface area contributed by atoms with E-state index in [9.17, 15) is 4.79 Å². The predicted molar refractivity (Wildman–Crippen MR) is 99.5 cm³/mol. The van der Waals surface area contributed by atoms with Gasteiger partial charge in [-0.2, -0.15) is 5.10 Å². The molecule has 0 atom stereocenters. The fourth-order valence-electron chi connectivity index (χ4n) is 2.06. The Kier molecular flexibility index (Phi) is 7.50. The van der Waals surface area contributed by atoms with Gasteiger partial charge in [0.05, 0.1) is 19.4 Å². The summed E-state index contributed by atoms with van der Waals surface area (Å²) in [5.74, 6) is 1.28. The van der Waals surface area contributed by atoms with Gasteiger partial charge in [-0.15, -0.1) is 0 Å². The van der Waals surface area contributed by atoms with Gasteiger partial charge in [-0.25, -0.2) is 5.43 Å². The van der Waals surface area contributed by atoms with Crippen molar-refractivity contribution >= 4 is 12.1 Å². The van der Waals surface area contributed by atoms with Gasteiger partial charge in [0, 0.05) is 5.56 Å². The van der Waals surface area contributed by atoms with Crippen molar-refractivity contribution in [3.05, 3.63) is 59.7 Å². The van der Waals surface area contributed by atoms with Gasteiger partial charge in [0.15, 0.2) is 0 Å². The Balaban J connectivity index is 1.89. The summed E-state index contributed by atoms with van der Waals surface area (Å²) < 4.78 is 11.1. The van der Waals surface area contributed by atoms with Crippen molar-refractivity contribution in [1.82, 2.24) is 5.43 Å².